The third-order valence-electron chi connectivity index (χ3n) is 6.49. The second kappa shape index (κ2) is 10.2. The highest BCUT2D eigenvalue weighted by Gasteiger charge is 2.21. The molecule has 2 N–H and O–H groups in total. The van der Waals surface area contributed by atoms with Crippen molar-refractivity contribution in [3.63, 3.8) is 0 Å². The molecule has 2 heterocycles. The molecular formula is C26H30N4O4. The van der Waals surface area contributed by atoms with Gasteiger partial charge in [0.25, 0.3) is 0 Å². The number of rotatable bonds is 7. The maximum Gasteiger partial charge on any atom is 0.244 e. The number of benzene rings is 2. The molecule has 5 rings (SSSR count). The summed E-state index contributed by atoms with van der Waals surface area (Å²) in [6, 6.07) is 13.2. The van der Waals surface area contributed by atoms with Crippen molar-refractivity contribution in [2.75, 3.05) is 25.1 Å². The first-order valence-electron chi connectivity index (χ1n) is 12.1. The molecule has 1 fully saturated rings. The Morgan fingerprint density at radius 3 is 2.65 bits per heavy atom. The minimum atomic E-state index is -0.160. The highest BCUT2D eigenvalue weighted by Crippen LogP contribution is 2.32. The van der Waals surface area contributed by atoms with Crippen molar-refractivity contribution in [3.05, 3.63) is 48.3 Å². The van der Waals surface area contributed by atoms with Gasteiger partial charge in [0.15, 0.2) is 11.5 Å². The van der Waals surface area contributed by atoms with Crippen LogP contribution in [0.5, 0.6) is 11.5 Å². The van der Waals surface area contributed by atoms with Crippen molar-refractivity contribution in [2.45, 2.75) is 45.1 Å². The van der Waals surface area contributed by atoms with E-state index >= 15 is 0 Å². The molecule has 8 heteroatoms. The molecule has 0 spiro atoms. The van der Waals surface area contributed by atoms with Gasteiger partial charge in [-0.15, -0.1) is 0 Å². The average Bonchev–Trinajstić information content (AvgIpc) is 3.21. The summed E-state index contributed by atoms with van der Waals surface area (Å²) in [7, 11) is 0. The number of anilines is 1. The number of carbonyl (C=O) groups is 2. The van der Waals surface area contributed by atoms with Crippen LogP contribution in [-0.2, 0) is 22.6 Å². The molecule has 1 aromatic heterocycles. The van der Waals surface area contributed by atoms with E-state index in [2.05, 4.69) is 10.6 Å². The van der Waals surface area contributed by atoms with Crippen LogP contribution in [0.3, 0.4) is 0 Å². The number of nitrogens with zero attached hydrogens (tertiary/aromatic N) is 2. The zero-order chi connectivity index (χ0) is 23.3. The molecule has 1 aliphatic carbocycles. The Bertz CT molecular complexity index is 1180. The van der Waals surface area contributed by atoms with Gasteiger partial charge in [-0.3, -0.25) is 9.59 Å². The van der Waals surface area contributed by atoms with E-state index < -0.39 is 0 Å². The molecule has 0 bridgehead atoms. The van der Waals surface area contributed by atoms with Gasteiger partial charge in [0.2, 0.25) is 11.8 Å². The molecule has 0 unspecified atom stereocenters. The van der Waals surface area contributed by atoms with Crippen molar-refractivity contribution < 1.29 is 19.1 Å². The van der Waals surface area contributed by atoms with Crippen LogP contribution >= 0.6 is 0 Å². The Morgan fingerprint density at radius 1 is 1.00 bits per heavy atom. The fourth-order valence-electron chi connectivity index (χ4n) is 4.76. The SMILES string of the molecule is O=C(Cn1c(CCNC(=O)C2CCCCC2)nc2ccccc21)Nc1ccc2c(c1)OCCO2. The molecule has 3 aromatic rings. The first kappa shape index (κ1) is 22.3. The van der Waals surface area contributed by atoms with E-state index in [1.165, 1.54) is 6.42 Å². The zero-order valence-corrected chi connectivity index (χ0v) is 19.2. The van der Waals surface area contributed by atoms with Gasteiger partial charge in [-0.05, 0) is 37.1 Å². The summed E-state index contributed by atoms with van der Waals surface area (Å²) in [6.07, 6.45) is 6.00. The first-order chi connectivity index (χ1) is 16.7. The summed E-state index contributed by atoms with van der Waals surface area (Å²) >= 11 is 0. The van der Waals surface area contributed by atoms with Crippen LogP contribution in [0.1, 0.15) is 37.9 Å². The van der Waals surface area contributed by atoms with Crippen LogP contribution < -0.4 is 20.1 Å². The molecule has 8 nitrogen and oxygen atoms in total. The largest absolute Gasteiger partial charge is 0.486 e. The van der Waals surface area contributed by atoms with Crippen molar-refractivity contribution >= 4 is 28.5 Å². The second-order valence-corrected chi connectivity index (χ2v) is 8.89. The third kappa shape index (κ3) is 5.00. The number of amides is 2. The number of fused-ring (bicyclic) bond motifs is 2. The van der Waals surface area contributed by atoms with Gasteiger partial charge < -0.3 is 24.7 Å². The molecule has 1 saturated carbocycles. The quantitative estimate of drug-likeness (QED) is 0.559. The molecule has 1 aliphatic heterocycles. The predicted molar refractivity (Wildman–Crippen MR) is 129 cm³/mol. The van der Waals surface area contributed by atoms with Gasteiger partial charge >= 0.3 is 0 Å². The molecule has 2 aliphatic rings. The fraction of sp³-hybridized carbons (Fsp3) is 0.423. The number of nitrogens with one attached hydrogen (secondary N) is 2. The number of ether oxygens (including phenoxy) is 2. The van der Waals surface area contributed by atoms with Crippen molar-refractivity contribution in [3.8, 4) is 11.5 Å². The average molecular weight is 463 g/mol. The van der Waals surface area contributed by atoms with E-state index in [0.29, 0.717) is 43.4 Å². The number of para-hydroxylation sites is 2. The third-order valence-corrected chi connectivity index (χ3v) is 6.49. The minimum Gasteiger partial charge on any atom is -0.486 e. The Balaban J connectivity index is 1.26. The predicted octanol–water partition coefficient (Wildman–Crippen LogP) is 3.69. The van der Waals surface area contributed by atoms with E-state index in [1.807, 2.05) is 28.8 Å². The summed E-state index contributed by atoms with van der Waals surface area (Å²) < 4.78 is 13.1. The van der Waals surface area contributed by atoms with Crippen molar-refractivity contribution in [1.29, 1.82) is 0 Å². The van der Waals surface area contributed by atoms with E-state index in [9.17, 15) is 9.59 Å². The smallest absolute Gasteiger partial charge is 0.244 e. The van der Waals surface area contributed by atoms with Crippen molar-refractivity contribution in [2.24, 2.45) is 5.92 Å². The van der Waals surface area contributed by atoms with E-state index in [1.54, 1.807) is 18.2 Å². The van der Waals surface area contributed by atoms with E-state index in [4.69, 9.17) is 14.5 Å². The van der Waals surface area contributed by atoms with Gasteiger partial charge in [0.1, 0.15) is 25.6 Å². The van der Waals surface area contributed by atoms with Crippen LogP contribution in [0, 0.1) is 5.92 Å². The molecule has 34 heavy (non-hydrogen) atoms. The fourth-order valence-corrected chi connectivity index (χ4v) is 4.76. The van der Waals surface area contributed by atoms with Crippen LogP contribution in [0.4, 0.5) is 5.69 Å². The number of carbonyl (C=O) groups excluding carboxylic acids is 2. The maximum absolute atomic E-state index is 12.9. The molecular weight excluding hydrogens is 432 g/mol. The first-order valence-corrected chi connectivity index (χ1v) is 12.1. The van der Waals surface area contributed by atoms with Crippen LogP contribution in [0.2, 0.25) is 0 Å². The summed E-state index contributed by atoms with van der Waals surface area (Å²) in [6.45, 7) is 1.64. The molecule has 2 amide bonds. The standard InChI is InChI=1S/C26H30N4O4/c31-25(28-19-10-11-22-23(16-19)34-15-14-33-22)17-30-21-9-5-4-8-20(21)29-24(30)12-13-27-26(32)18-6-2-1-3-7-18/h4-5,8-11,16,18H,1-3,6-7,12-15,17H2,(H,27,32)(H,28,31). The lowest BCUT2D eigenvalue weighted by Gasteiger charge is -2.20. The van der Waals surface area contributed by atoms with Crippen LogP contribution in [0.25, 0.3) is 11.0 Å². The molecule has 0 saturated heterocycles. The normalized spacial score (nSPS) is 15.8. The Morgan fingerprint density at radius 2 is 1.79 bits per heavy atom. The molecule has 178 valence electrons. The molecule has 0 radical (unpaired) electrons. The Labute approximate surface area is 198 Å². The number of aromatic nitrogens is 2. The van der Waals surface area contributed by atoms with E-state index in [-0.39, 0.29) is 24.3 Å². The lowest BCUT2D eigenvalue weighted by Crippen LogP contribution is -2.33. The summed E-state index contributed by atoms with van der Waals surface area (Å²) in [5, 5.41) is 6.02. The van der Waals surface area contributed by atoms with Crippen LogP contribution in [0.15, 0.2) is 42.5 Å². The second-order valence-electron chi connectivity index (χ2n) is 8.89. The molecule has 2 aromatic carbocycles. The molecule has 0 atom stereocenters. The zero-order valence-electron chi connectivity index (χ0n) is 19.2. The van der Waals surface area contributed by atoms with Crippen LogP contribution in [-0.4, -0.2) is 41.1 Å². The van der Waals surface area contributed by atoms with E-state index in [0.717, 1.165) is 42.5 Å². The lowest BCUT2D eigenvalue weighted by atomic mass is 9.89. The van der Waals surface area contributed by atoms with Gasteiger partial charge in [-0.25, -0.2) is 4.98 Å². The maximum atomic E-state index is 12.9. The summed E-state index contributed by atoms with van der Waals surface area (Å²) in [5.74, 6) is 2.20. The van der Waals surface area contributed by atoms with Gasteiger partial charge in [-0.2, -0.15) is 0 Å². The Kier molecular flexibility index (Phi) is 6.65. The highest BCUT2D eigenvalue weighted by molar-refractivity contribution is 5.92. The van der Waals surface area contributed by atoms with Crippen molar-refractivity contribution in [1.82, 2.24) is 14.9 Å². The summed E-state index contributed by atoms with van der Waals surface area (Å²) in [4.78, 5) is 30.2. The minimum absolute atomic E-state index is 0.126. The lowest BCUT2D eigenvalue weighted by molar-refractivity contribution is -0.125. The number of imidazole rings is 1. The summed E-state index contributed by atoms with van der Waals surface area (Å²) in [5.41, 5.74) is 2.39. The van der Waals surface area contributed by atoms with Gasteiger partial charge in [-0.1, -0.05) is 31.4 Å². The topological polar surface area (TPSA) is 94.5 Å². The highest BCUT2D eigenvalue weighted by atomic mass is 16.6. The number of hydrogen-bond donors (Lipinski definition) is 2. The monoisotopic (exact) mass is 462 g/mol. The van der Waals surface area contributed by atoms with Gasteiger partial charge in [0, 0.05) is 30.6 Å². The Hall–Kier alpha value is -3.55. The van der Waals surface area contributed by atoms with Gasteiger partial charge in [0.05, 0.1) is 11.0 Å². The number of hydrogen-bond acceptors (Lipinski definition) is 5.